The van der Waals surface area contributed by atoms with Crippen LogP contribution in [0.25, 0.3) is 0 Å². The molecule has 0 unspecified atom stereocenters. The van der Waals surface area contributed by atoms with Crippen molar-refractivity contribution < 1.29 is 0 Å². The van der Waals surface area contributed by atoms with Gasteiger partial charge in [0, 0.05) is 0 Å². The molecule has 16 heavy (non-hydrogen) atoms. The van der Waals surface area contributed by atoms with Gasteiger partial charge in [0.25, 0.3) is 0 Å². The fourth-order valence-electron chi connectivity index (χ4n) is 4.77. The number of hydrogen-bond acceptors (Lipinski definition) is 0. The van der Waals surface area contributed by atoms with Crippen molar-refractivity contribution in [2.45, 2.75) is 65.5 Å². The third kappa shape index (κ3) is 1.72. The molecule has 0 aromatic heterocycles. The molecule has 0 N–H and O–H groups in total. The van der Waals surface area contributed by atoms with Crippen LogP contribution in [-0.2, 0) is 0 Å². The first-order valence-corrected chi connectivity index (χ1v) is 16.5. The van der Waals surface area contributed by atoms with Crippen LogP contribution in [-0.4, -0.2) is 25.1 Å². The molecule has 3 heterocycles. The topological polar surface area (TPSA) is 0 Å². The van der Waals surface area contributed by atoms with Crippen molar-refractivity contribution in [1.82, 2.24) is 0 Å². The van der Waals surface area contributed by atoms with Gasteiger partial charge in [-0.15, -0.1) is 0 Å². The third-order valence-corrected chi connectivity index (χ3v) is 16.6. The number of hydrogen-bond donors (Lipinski definition) is 0. The Kier molecular flexibility index (Phi) is 2.97. The van der Waals surface area contributed by atoms with E-state index in [9.17, 15) is 0 Å². The van der Waals surface area contributed by atoms with Crippen molar-refractivity contribution in [2.24, 2.45) is 5.92 Å². The molecule has 0 saturated carbocycles. The molecule has 0 aromatic rings. The average Bonchev–Trinajstić information content (AvgIpc) is 2.37. The summed E-state index contributed by atoms with van der Waals surface area (Å²) in [5.41, 5.74) is 2.03. The summed E-state index contributed by atoms with van der Waals surface area (Å²) in [6.45, 7) is 3.60. The quantitative estimate of drug-likeness (QED) is 0.576. The van der Waals surface area contributed by atoms with Crippen molar-refractivity contribution in [1.29, 1.82) is 0 Å². The Morgan fingerprint density at radius 2 is 1.69 bits per heavy atom. The van der Waals surface area contributed by atoms with Crippen LogP contribution in [0.2, 0.25) is 20.0 Å². The summed E-state index contributed by atoms with van der Waals surface area (Å²) in [5, 5.41) is 0. The Hall–Kier alpha value is 0.604. The van der Waals surface area contributed by atoms with Gasteiger partial charge >= 0.3 is 106 Å². The maximum atomic E-state index is 2.68. The van der Waals surface area contributed by atoms with Gasteiger partial charge in [0.15, 0.2) is 0 Å². The van der Waals surface area contributed by atoms with Crippen LogP contribution in [0.3, 0.4) is 0 Å². The van der Waals surface area contributed by atoms with E-state index >= 15 is 0 Å². The fraction of sp³-hybridized carbons (Fsp3) is 0.857. The molecule has 0 radical (unpaired) electrons. The molecule has 2 saturated heterocycles. The van der Waals surface area contributed by atoms with Gasteiger partial charge in [-0.05, 0) is 0 Å². The summed E-state index contributed by atoms with van der Waals surface area (Å²) in [6, 6.07) is 0. The van der Waals surface area contributed by atoms with Crippen LogP contribution in [0.1, 0.15) is 45.4 Å². The maximum absolute atomic E-state index is 2.68. The zero-order chi connectivity index (χ0) is 11.3. The molecule has 0 amide bonds. The summed E-state index contributed by atoms with van der Waals surface area (Å²) in [7, 11) is 0. The summed E-state index contributed by atoms with van der Waals surface area (Å²) >= 11 is -1.74. The van der Waals surface area contributed by atoms with E-state index in [1.54, 1.807) is 17.2 Å². The second-order valence-corrected chi connectivity index (χ2v) is 21.2. The summed E-state index contributed by atoms with van der Waals surface area (Å²) in [4.78, 5) is 5.36. The first-order valence-electron chi connectivity index (χ1n) is 7.31. The fourth-order valence-corrected chi connectivity index (χ4v) is 13.7. The molecule has 3 aliphatic rings. The van der Waals surface area contributed by atoms with Crippen molar-refractivity contribution in [3.63, 3.8) is 0 Å². The third-order valence-electron chi connectivity index (χ3n) is 5.84. The number of allylic oxidation sites excluding steroid dienone is 2. The van der Waals surface area contributed by atoms with Crippen molar-refractivity contribution in [3.8, 4) is 0 Å². The van der Waals surface area contributed by atoms with E-state index in [0.717, 1.165) is 18.4 Å². The van der Waals surface area contributed by atoms with Crippen LogP contribution in [0, 0.1) is 5.92 Å². The molecule has 0 atom stereocenters. The zero-order valence-electron chi connectivity index (χ0n) is 11.2. The Morgan fingerprint density at radius 3 is 2.31 bits per heavy atom. The van der Waals surface area contributed by atoms with Crippen molar-refractivity contribution in [2.75, 3.05) is 0 Å². The monoisotopic (exact) mass is 324 g/mol. The summed E-state index contributed by atoms with van der Waals surface area (Å²) in [6.07, 6.45) is 9.22. The molecule has 0 aromatic carbocycles. The van der Waals surface area contributed by atoms with Gasteiger partial charge in [0.2, 0.25) is 0 Å². The van der Waals surface area contributed by atoms with Crippen LogP contribution in [0.5, 0.6) is 0 Å². The first kappa shape index (κ1) is 11.7. The minimum atomic E-state index is -1.74. The van der Waals surface area contributed by atoms with Crippen LogP contribution >= 0.6 is 0 Å². The molecule has 88 valence electrons. The number of rotatable bonds is 0. The second-order valence-electron chi connectivity index (χ2n) is 7.09. The Morgan fingerprint density at radius 1 is 1.06 bits per heavy atom. The van der Waals surface area contributed by atoms with Gasteiger partial charge in [-0.3, -0.25) is 0 Å². The van der Waals surface area contributed by atoms with Crippen molar-refractivity contribution >= 4 is 25.1 Å². The van der Waals surface area contributed by atoms with Crippen LogP contribution in [0.15, 0.2) is 9.06 Å². The molecule has 3 rings (SSSR count). The van der Waals surface area contributed by atoms with Gasteiger partial charge in [-0.2, -0.15) is 0 Å². The molecule has 2 heteroatoms. The molecule has 2 fully saturated rings. The van der Waals surface area contributed by atoms with E-state index in [0.29, 0.717) is 0 Å². The van der Waals surface area contributed by atoms with E-state index in [1.165, 1.54) is 25.7 Å². The van der Waals surface area contributed by atoms with Gasteiger partial charge in [0.1, 0.15) is 0 Å². The van der Waals surface area contributed by atoms with Gasteiger partial charge in [-0.25, -0.2) is 0 Å². The zero-order valence-corrected chi connectivity index (χ0v) is 14.0. The minimum absolute atomic E-state index is 1.02. The average molecular weight is 323 g/mol. The molecule has 3 aliphatic heterocycles. The molecule has 0 aliphatic carbocycles. The summed E-state index contributed by atoms with van der Waals surface area (Å²) < 4.78 is 3.65. The normalized spacial score (nSPS) is 37.3. The predicted molar refractivity (Wildman–Crippen MR) is 75.7 cm³/mol. The van der Waals surface area contributed by atoms with E-state index < -0.39 is 18.4 Å². The molecular weight excluding hydrogens is 298 g/mol. The second kappa shape index (κ2) is 4.07. The SMILES string of the molecule is C[C]1=C2B([CH2][Sn]1([CH3])[CH3])C1CCCC2CCC1. The Labute approximate surface area is 105 Å². The molecule has 0 spiro atoms. The van der Waals surface area contributed by atoms with Crippen LogP contribution < -0.4 is 0 Å². The van der Waals surface area contributed by atoms with Crippen LogP contribution in [0.4, 0.5) is 0 Å². The van der Waals surface area contributed by atoms with E-state index in [-0.39, 0.29) is 0 Å². The predicted octanol–water partition coefficient (Wildman–Crippen LogP) is 4.49. The van der Waals surface area contributed by atoms with E-state index in [1.807, 2.05) is 9.06 Å². The first-order chi connectivity index (χ1) is 7.59. The molecular formula is C14H25BSn. The van der Waals surface area contributed by atoms with E-state index in [2.05, 4.69) is 16.8 Å². The summed E-state index contributed by atoms with van der Waals surface area (Å²) in [5.74, 6) is 2.12. The van der Waals surface area contributed by atoms with Gasteiger partial charge in [0.05, 0.1) is 0 Å². The van der Waals surface area contributed by atoms with Gasteiger partial charge < -0.3 is 0 Å². The van der Waals surface area contributed by atoms with E-state index in [4.69, 9.17) is 0 Å². The Balaban J connectivity index is 2.06. The Bertz CT molecular complexity index is 322. The molecule has 0 nitrogen and oxygen atoms in total. The standard InChI is InChI=1S/C12H19B.2CH3.Sn/c1-3-12-10-6-4-8-11(13(12)2)9-5-7-10;;;/h10-11H,2,4-9H2,1H3;2*1H3;. The molecule has 2 bridgehead atoms. The van der Waals surface area contributed by atoms with Gasteiger partial charge in [-0.1, -0.05) is 0 Å². The van der Waals surface area contributed by atoms with Crippen molar-refractivity contribution in [3.05, 3.63) is 9.06 Å².